The predicted octanol–water partition coefficient (Wildman–Crippen LogP) is 0.813. The van der Waals surface area contributed by atoms with Crippen molar-refractivity contribution in [3.05, 3.63) is 57.5 Å². The van der Waals surface area contributed by atoms with E-state index in [0.29, 0.717) is 28.6 Å². The van der Waals surface area contributed by atoms with Crippen molar-refractivity contribution < 1.29 is 0 Å². The fourth-order valence-corrected chi connectivity index (χ4v) is 3.14. The molecule has 0 amide bonds. The van der Waals surface area contributed by atoms with Crippen LogP contribution < -0.4 is 17.0 Å². The third-order valence-electron chi connectivity index (χ3n) is 3.79. The minimum atomic E-state index is -0.392. The number of aromatic nitrogens is 4. The molecule has 1 aromatic carbocycles. The molecule has 8 nitrogen and oxygen atoms in total. The number of aryl methyl sites for hydroxylation is 2. The number of imidazole rings is 1. The molecule has 2 aromatic heterocycles. The van der Waals surface area contributed by atoms with Crippen molar-refractivity contribution in [3.8, 4) is 0 Å². The summed E-state index contributed by atoms with van der Waals surface area (Å²) in [6.07, 6.45) is 1.57. The van der Waals surface area contributed by atoms with Crippen LogP contribution in [0.25, 0.3) is 11.2 Å². The number of fused-ring (bicyclic) bond motifs is 1. The molecule has 0 fully saturated rings. The summed E-state index contributed by atoms with van der Waals surface area (Å²) >= 11 is 1.40. The fourth-order valence-electron chi connectivity index (χ4n) is 2.48. The van der Waals surface area contributed by atoms with E-state index in [0.717, 1.165) is 10.3 Å². The molecular formula is C16H18N6O2S. The van der Waals surface area contributed by atoms with E-state index in [4.69, 9.17) is 5.73 Å². The quantitative estimate of drug-likeness (QED) is 0.550. The Balaban J connectivity index is 1.78. The van der Waals surface area contributed by atoms with Gasteiger partial charge in [-0.15, -0.1) is 0 Å². The number of amidine groups is 1. The van der Waals surface area contributed by atoms with Crippen LogP contribution in [0.4, 0.5) is 5.69 Å². The molecule has 0 saturated heterocycles. The van der Waals surface area contributed by atoms with Gasteiger partial charge < -0.3 is 10.3 Å². The van der Waals surface area contributed by atoms with Crippen LogP contribution in [0.1, 0.15) is 0 Å². The molecule has 25 heavy (non-hydrogen) atoms. The molecule has 0 saturated carbocycles. The van der Waals surface area contributed by atoms with Gasteiger partial charge in [0, 0.05) is 26.4 Å². The van der Waals surface area contributed by atoms with Crippen molar-refractivity contribution >= 4 is 33.8 Å². The van der Waals surface area contributed by atoms with Crippen LogP contribution in [-0.2, 0) is 20.6 Å². The van der Waals surface area contributed by atoms with E-state index in [-0.39, 0.29) is 5.56 Å². The number of rotatable bonds is 4. The van der Waals surface area contributed by atoms with Crippen LogP contribution in [0.2, 0.25) is 0 Å². The Morgan fingerprint density at radius 2 is 1.92 bits per heavy atom. The molecule has 9 heteroatoms. The zero-order valence-electron chi connectivity index (χ0n) is 13.9. The number of nitrogens with zero attached hydrogens (tertiary/aromatic N) is 5. The first-order valence-corrected chi connectivity index (χ1v) is 8.60. The number of benzene rings is 1. The van der Waals surface area contributed by atoms with Gasteiger partial charge in [-0.25, -0.2) is 14.8 Å². The molecule has 0 aliphatic rings. The minimum Gasteiger partial charge on any atom is -0.378 e. The van der Waals surface area contributed by atoms with Crippen molar-refractivity contribution in [2.75, 3.05) is 5.75 Å². The van der Waals surface area contributed by atoms with E-state index in [1.807, 2.05) is 30.3 Å². The first-order valence-electron chi connectivity index (χ1n) is 7.62. The average molecular weight is 358 g/mol. The number of aliphatic imine (C=N–C) groups is 1. The zero-order valence-corrected chi connectivity index (χ0v) is 14.7. The largest absolute Gasteiger partial charge is 0.378 e. The molecule has 0 atom stereocenters. The smallest absolute Gasteiger partial charge is 0.332 e. The third-order valence-corrected chi connectivity index (χ3v) is 4.57. The summed E-state index contributed by atoms with van der Waals surface area (Å²) in [5, 5.41) is 0.455. The number of hydrogen-bond acceptors (Lipinski definition) is 5. The summed E-state index contributed by atoms with van der Waals surface area (Å²) < 4.78 is 4.18. The van der Waals surface area contributed by atoms with E-state index in [1.165, 1.54) is 23.4 Å². The van der Waals surface area contributed by atoms with Gasteiger partial charge in [0.15, 0.2) is 16.3 Å². The molecule has 0 aliphatic carbocycles. The van der Waals surface area contributed by atoms with E-state index < -0.39 is 5.69 Å². The lowest BCUT2D eigenvalue weighted by molar-refractivity contribution is 0.700. The third kappa shape index (κ3) is 3.36. The van der Waals surface area contributed by atoms with Crippen LogP contribution in [-0.4, -0.2) is 29.6 Å². The summed E-state index contributed by atoms with van der Waals surface area (Å²) in [7, 11) is 3.06. The van der Waals surface area contributed by atoms with Gasteiger partial charge in [-0.3, -0.25) is 13.9 Å². The Bertz CT molecular complexity index is 1050. The summed E-state index contributed by atoms with van der Waals surface area (Å²) in [5.41, 5.74) is 6.77. The highest BCUT2D eigenvalue weighted by Gasteiger charge is 2.14. The van der Waals surface area contributed by atoms with Gasteiger partial charge in [0.2, 0.25) is 0 Å². The molecule has 0 aliphatic heterocycles. The van der Waals surface area contributed by atoms with Crippen molar-refractivity contribution in [2.24, 2.45) is 24.8 Å². The van der Waals surface area contributed by atoms with Crippen LogP contribution >= 0.6 is 11.8 Å². The Kier molecular flexibility index (Phi) is 4.75. The zero-order chi connectivity index (χ0) is 18.0. The summed E-state index contributed by atoms with van der Waals surface area (Å²) in [5.74, 6) is 0.625. The number of hydrogen-bond donors (Lipinski definition) is 1. The Morgan fingerprint density at radius 3 is 2.64 bits per heavy atom. The molecule has 2 N–H and O–H groups in total. The highest BCUT2D eigenvalue weighted by molar-refractivity contribution is 8.13. The second-order valence-electron chi connectivity index (χ2n) is 5.45. The number of thioether (sulfide) groups is 1. The molecular weight excluding hydrogens is 340 g/mol. The molecule has 0 bridgehead atoms. The molecule has 2 heterocycles. The van der Waals surface area contributed by atoms with Gasteiger partial charge in [-0.1, -0.05) is 30.0 Å². The average Bonchev–Trinajstić information content (AvgIpc) is 3.03. The maximum absolute atomic E-state index is 12.4. The highest BCUT2D eigenvalue weighted by Crippen LogP contribution is 2.13. The minimum absolute atomic E-state index is 0.355. The summed E-state index contributed by atoms with van der Waals surface area (Å²) in [4.78, 5) is 32.8. The second kappa shape index (κ2) is 6.98. The number of para-hydroxylation sites is 1. The van der Waals surface area contributed by atoms with E-state index in [9.17, 15) is 9.59 Å². The molecule has 3 rings (SSSR count). The lowest BCUT2D eigenvalue weighted by atomic mass is 10.3. The van der Waals surface area contributed by atoms with Crippen molar-refractivity contribution in [3.63, 3.8) is 0 Å². The van der Waals surface area contributed by atoms with Crippen molar-refractivity contribution in [1.82, 2.24) is 18.7 Å². The molecule has 0 spiro atoms. The number of nitrogens with two attached hydrogens (primary N) is 1. The van der Waals surface area contributed by atoms with Gasteiger partial charge in [0.25, 0.3) is 5.56 Å². The topological polar surface area (TPSA) is 100 Å². The van der Waals surface area contributed by atoms with Crippen LogP contribution in [0.3, 0.4) is 0 Å². The van der Waals surface area contributed by atoms with Crippen molar-refractivity contribution in [1.29, 1.82) is 0 Å². The Labute approximate surface area is 147 Å². The maximum atomic E-state index is 12.4. The highest BCUT2D eigenvalue weighted by atomic mass is 32.2. The first kappa shape index (κ1) is 17.0. The first-order chi connectivity index (χ1) is 12.0. The fraction of sp³-hybridized carbons (Fsp3) is 0.250. The molecule has 0 radical (unpaired) electrons. The van der Waals surface area contributed by atoms with Crippen LogP contribution in [0.5, 0.6) is 0 Å². The normalized spacial score (nSPS) is 12.0. The molecule has 0 unspecified atom stereocenters. The predicted molar refractivity (Wildman–Crippen MR) is 100 cm³/mol. The van der Waals surface area contributed by atoms with Gasteiger partial charge in [-0.2, -0.15) is 0 Å². The van der Waals surface area contributed by atoms with Crippen LogP contribution in [0.15, 0.2) is 51.2 Å². The van der Waals surface area contributed by atoms with E-state index in [1.54, 1.807) is 17.9 Å². The maximum Gasteiger partial charge on any atom is 0.332 e. The lowest BCUT2D eigenvalue weighted by Gasteiger charge is -2.06. The second-order valence-corrected chi connectivity index (χ2v) is 6.57. The summed E-state index contributed by atoms with van der Waals surface area (Å²) in [6, 6.07) is 9.46. The van der Waals surface area contributed by atoms with Gasteiger partial charge in [0.1, 0.15) is 0 Å². The van der Waals surface area contributed by atoms with E-state index >= 15 is 0 Å². The monoisotopic (exact) mass is 358 g/mol. The SMILES string of the molecule is Cn1c(=O)c2c(ncn2CCSC(N)=Nc2ccccc2)n(C)c1=O. The standard InChI is InChI=1S/C16H18N6O2S/c1-20-13-12(14(23)21(2)16(20)24)22(10-18-13)8-9-25-15(17)19-11-6-4-3-5-7-11/h3-7,10H,8-9H2,1-2H3,(H2,17,19). The van der Waals surface area contributed by atoms with Gasteiger partial charge in [-0.05, 0) is 12.1 Å². The Morgan fingerprint density at radius 1 is 1.20 bits per heavy atom. The lowest BCUT2D eigenvalue weighted by Crippen LogP contribution is -2.37. The van der Waals surface area contributed by atoms with E-state index in [2.05, 4.69) is 9.98 Å². The van der Waals surface area contributed by atoms with Crippen molar-refractivity contribution in [2.45, 2.75) is 6.54 Å². The Hall–Kier alpha value is -2.81. The van der Waals surface area contributed by atoms with Gasteiger partial charge in [0.05, 0.1) is 12.0 Å². The molecule has 130 valence electrons. The summed E-state index contributed by atoms with van der Waals surface area (Å²) in [6.45, 7) is 0.527. The molecule has 3 aromatic rings. The van der Waals surface area contributed by atoms with Crippen LogP contribution in [0, 0.1) is 0 Å². The van der Waals surface area contributed by atoms with Gasteiger partial charge >= 0.3 is 5.69 Å².